The number of hydrogen-bond donors (Lipinski definition) is 1. The van der Waals surface area contributed by atoms with Crippen LogP contribution in [0.1, 0.15) is 29.4 Å². The molecular formula is C34H28ClF2N5O3. The molecule has 3 heterocycles. The smallest absolute Gasteiger partial charge is 0.247 e. The van der Waals surface area contributed by atoms with Gasteiger partial charge in [-0.05, 0) is 49.7 Å². The molecular weight excluding hydrogens is 600 g/mol. The summed E-state index contributed by atoms with van der Waals surface area (Å²) < 4.78 is 31.8. The molecule has 1 fully saturated rings. The molecule has 0 bridgehead atoms. The van der Waals surface area contributed by atoms with Gasteiger partial charge in [-0.3, -0.25) is 14.4 Å². The first kappa shape index (κ1) is 30.1. The SMILES string of the molecule is CC(=O)c1cn(CC(=O)N2C[C@H](F)C[C@H]2C(=O)Nc2cccc(-c3ccccc3Cl)c2F)c2ccc(-c3cnnc(C)c3)cc12. The van der Waals surface area contributed by atoms with Gasteiger partial charge in [-0.2, -0.15) is 10.2 Å². The summed E-state index contributed by atoms with van der Waals surface area (Å²) in [5.41, 5.74) is 4.00. The molecule has 1 aliphatic heterocycles. The highest BCUT2D eigenvalue weighted by Gasteiger charge is 2.40. The molecule has 8 nitrogen and oxygen atoms in total. The van der Waals surface area contributed by atoms with Crippen molar-refractivity contribution in [2.45, 2.75) is 39.0 Å². The Morgan fingerprint density at radius 3 is 2.56 bits per heavy atom. The standard InChI is InChI=1S/C34H28ClF2N5O3/c1-19-12-22(15-38-40-19)21-10-11-30-26(13-21)27(20(2)43)17-41(30)18-32(44)42-16-23(36)14-31(42)34(45)39-29-9-5-7-25(33(29)37)24-6-3-4-8-28(24)35/h3-13,15,17,23,31H,14,16,18H2,1-2H3,(H,39,45)/t23-,31+/m1/s1. The minimum atomic E-state index is -1.43. The highest BCUT2D eigenvalue weighted by molar-refractivity contribution is 6.33. The summed E-state index contributed by atoms with van der Waals surface area (Å²) in [7, 11) is 0. The van der Waals surface area contributed by atoms with Gasteiger partial charge in [0.05, 0.1) is 24.1 Å². The first-order chi connectivity index (χ1) is 21.6. The van der Waals surface area contributed by atoms with Crippen LogP contribution < -0.4 is 5.32 Å². The Kier molecular flexibility index (Phi) is 8.16. The molecule has 0 radical (unpaired) electrons. The Hall–Kier alpha value is -4.96. The molecule has 2 aromatic heterocycles. The number of rotatable bonds is 7. The number of aromatic nitrogens is 3. The maximum absolute atomic E-state index is 15.5. The van der Waals surface area contributed by atoms with E-state index in [1.807, 2.05) is 25.1 Å². The Labute approximate surface area is 262 Å². The molecule has 5 aromatic rings. The fraction of sp³-hybridized carbons (Fsp3) is 0.206. The lowest BCUT2D eigenvalue weighted by molar-refractivity contribution is -0.137. The van der Waals surface area contributed by atoms with Crippen LogP contribution >= 0.6 is 11.6 Å². The molecule has 228 valence electrons. The molecule has 1 N–H and O–H groups in total. The number of fused-ring (bicyclic) bond motifs is 1. The first-order valence-corrected chi connectivity index (χ1v) is 14.7. The van der Waals surface area contributed by atoms with E-state index in [9.17, 15) is 18.8 Å². The van der Waals surface area contributed by atoms with Gasteiger partial charge in [0.2, 0.25) is 11.8 Å². The van der Waals surface area contributed by atoms with Gasteiger partial charge in [-0.15, -0.1) is 0 Å². The van der Waals surface area contributed by atoms with Crippen molar-refractivity contribution in [3.05, 3.63) is 101 Å². The van der Waals surface area contributed by atoms with E-state index < -0.39 is 29.8 Å². The third-order valence-corrected chi connectivity index (χ3v) is 8.30. The minimum Gasteiger partial charge on any atom is -0.337 e. The van der Waals surface area contributed by atoms with Crippen molar-refractivity contribution in [3.8, 4) is 22.3 Å². The molecule has 1 saturated heterocycles. The Morgan fingerprint density at radius 1 is 1.02 bits per heavy atom. The fourth-order valence-electron chi connectivity index (χ4n) is 5.80. The summed E-state index contributed by atoms with van der Waals surface area (Å²) in [6, 6.07) is 17.5. The second-order valence-electron chi connectivity index (χ2n) is 11.1. The number of likely N-dealkylation sites (tertiary alicyclic amines) is 1. The normalized spacial score (nSPS) is 16.2. The van der Waals surface area contributed by atoms with Gasteiger partial charge in [0, 0.05) is 50.8 Å². The van der Waals surface area contributed by atoms with E-state index in [1.54, 1.807) is 59.4 Å². The average Bonchev–Trinajstić information content (AvgIpc) is 3.59. The zero-order valence-corrected chi connectivity index (χ0v) is 25.2. The number of Topliss-reactive ketones (excluding diaryl/α,β-unsaturated/α-hetero) is 1. The quantitative estimate of drug-likeness (QED) is 0.204. The van der Waals surface area contributed by atoms with Crippen LogP contribution in [0.3, 0.4) is 0 Å². The van der Waals surface area contributed by atoms with Gasteiger partial charge in [0.15, 0.2) is 11.6 Å². The van der Waals surface area contributed by atoms with Crippen LogP contribution in [0.25, 0.3) is 33.2 Å². The summed E-state index contributed by atoms with van der Waals surface area (Å²) in [5.74, 6) is -2.09. The van der Waals surface area contributed by atoms with Crippen LogP contribution in [0.15, 0.2) is 79.1 Å². The second-order valence-corrected chi connectivity index (χ2v) is 11.5. The Morgan fingerprint density at radius 2 is 1.80 bits per heavy atom. The maximum Gasteiger partial charge on any atom is 0.247 e. The molecule has 0 spiro atoms. The van der Waals surface area contributed by atoms with Crippen LogP contribution in [0.4, 0.5) is 14.5 Å². The van der Waals surface area contributed by atoms with Gasteiger partial charge < -0.3 is 14.8 Å². The average molecular weight is 628 g/mol. The lowest BCUT2D eigenvalue weighted by Gasteiger charge is -2.24. The van der Waals surface area contributed by atoms with Crippen LogP contribution in [-0.2, 0) is 16.1 Å². The van der Waals surface area contributed by atoms with E-state index in [0.29, 0.717) is 27.1 Å². The number of amides is 2. The monoisotopic (exact) mass is 627 g/mol. The Bertz CT molecular complexity index is 1980. The molecule has 1 aliphatic rings. The summed E-state index contributed by atoms with van der Waals surface area (Å²) in [6.45, 7) is 2.77. The highest BCUT2D eigenvalue weighted by Crippen LogP contribution is 2.34. The number of ketones is 1. The van der Waals surface area contributed by atoms with E-state index >= 15 is 4.39 Å². The van der Waals surface area contributed by atoms with Gasteiger partial charge in [-0.1, -0.05) is 48.0 Å². The number of anilines is 1. The summed E-state index contributed by atoms with van der Waals surface area (Å²) in [4.78, 5) is 40.7. The zero-order chi connectivity index (χ0) is 31.8. The second kappa shape index (κ2) is 12.2. The number of carbonyl (C=O) groups excluding carboxylic acids is 3. The number of benzene rings is 3. The van der Waals surface area contributed by atoms with Crippen molar-refractivity contribution in [1.29, 1.82) is 0 Å². The number of hydrogen-bond acceptors (Lipinski definition) is 5. The lowest BCUT2D eigenvalue weighted by Crippen LogP contribution is -2.44. The number of nitrogens with one attached hydrogen (secondary N) is 1. The number of alkyl halides is 1. The third kappa shape index (κ3) is 5.93. The summed E-state index contributed by atoms with van der Waals surface area (Å²) in [6.07, 6.45) is 1.57. The number of nitrogens with zero attached hydrogens (tertiary/aromatic N) is 4. The van der Waals surface area contributed by atoms with E-state index in [4.69, 9.17) is 11.6 Å². The summed E-state index contributed by atoms with van der Waals surface area (Å²) >= 11 is 6.26. The van der Waals surface area contributed by atoms with Crippen molar-refractivity contribution in [2.75, 3.05) is 11.9 Å². The maximum atomic E-state index is 15.5. The molecule has 0 saturated carbocycles. The van der Waals surface area contributed by atoms with Crippen molar-refractivity contribution in [1.82, 2.24) is 19.7 Å². The van der Waals surface area contributed by atoms with Gasteiger partial charge in [-0.25, -0.2) is 8.78 Å². The van der Waals surface area contributed by atoms with Crippen molar-refractivity contribution in [2.24, 2.45) is 0 Å². The molecule has 0 aliphatic carbocycles. The zero-order valence-electron chi connectivity index (χ0n) is 24.4. The van der Waals surface area contributed by atoms with E-state index in [1.165, 1.54) is 17.9 Å². The number of carbonyl (C=O) groups is 3. The highest BCUT2D eigenvalue weighted by atomic mass is 35.5. The van der Waals surface area contributed by atoms with Crippen LogP contribution in [-0.4, -0.2) is 56.0 Å². The molecule has 2 amide bonds. The summed E-state index contributed by atoms with van der Waals surface area (Å²) in [5, 5.41) is 11.5. The van der Waals surface area contributed by atoms with Crippen molar-refractivity contribution >= 4 is 45.8 Å². The molecule has 45 heavy (non-hydrogen) atoms. The molecule has 3 aromatic carbocycles. The predicted octanol–water partition coefficient (Wildman–Crippen LogP) is 6.65. The van der Waals surface area contributed by atoms with Crippen molar-refractivity contribution < 1.29 is 23.2 Å². The first-order valence-electron chi connectivity index (χ1n) is 14.3. The van der Waals surface area contributed by atoms with Crippen molar-refractivity contribution in [3.63, 3.8) is 0 Å². The van der Waals surface area contributed by atoms with Gasteiger partial charge in [0.1, 0.15) is 18.8 Å². The van der Waals surface area contributed by atoms with Crippen LogP contribution in [0.5, 0.6) is 0 Å². The number of halogens is 3. The molecule has 2 atom stereocenters. The van der Waals surface area contributed by atoms with Gasteiger partial charge >= 0.3 is 0 Å². The topological polar surface area (TPSA) is 97.2 Å². The van der Waals surface area contributed by atoms with E-state index in [2.05, 4.69) is 15.5 Å². The largest absolute Gasteiger partial charge is 0.337 e. The molecule has 0 unspecified atom stereocenters. The third-order valence-electron chi connectivity index (χ3n) is 7.97. The molecule has 11 heteroatoms. The number of aryl methyl sites for hydroxylation is 1. The van der Waals surface area contributed by atoms with Crippen LogP contribution in [0, 0.1) is 12.7 Å². The van der Waals surface area contributed by atoms with E-state index in [0.717, 1.165) is 16.8 Å². The van der Waals surface area contributed by atoms with Gasteiger partial charge in [0.25, 0.3) is 0 Å². The van der Waals surface area contributed by atoms with Crippen LogP contribution in [0.2, 0.25) is 5.02 Å². The van der Waals surface area contributed by atoms with E-state index in [-0.39, 0.29) is 36.5 Å². The minimum absolute atomic E-state index is 0.106. The molecule has 6 rings (SSSR count). The lowest BCUT2D eigenvalue weighted by atomic mass is 10.0. The predicted molar refractivity (Wildman–Crippen MR) is 168 cm³/mol. The Balaban J connectivity index is 1.25. The fourth-order valence-corrected chi connectivity index (χ4v) is 6.03.